The molecular formula is C9H8ClNO2. The molecule has 1 aromatic carbocycles. The first-order valence-corrected chi connectivity index (χ1v) is 4.23. The van der Waals surface area contributed by atoms with E-state index in [0.717, 1.165) is 5.56 Å². The summed E-state index contributed by atoms with van der Waals surface area (Å²) < 4.78 is 5.07. The van der Waals surface area contributed by atoms with Crippen LogP contribution in [0.25, 0.3) is 0 Å². The third-order valence-corrected chi connectivity index (χ3v) is 2.39. The van der Waals surface area contributed by atoms with Crippen LogP contribution in [-0.2, 0) is 15.1 Å². The van der Waals surface area contributed by atoms with Crippen molar-refractivity contribution >= 4 is 17.5 Å². The highest BCUT2D eigenvalue weighted by atomic mass is 35.5. The molecule has 0 aromatic heterocycles. The minimum atomic E-state index is -0.884. The number of hydrogen-bond donors (Lipinski definition) is 1. The summed E-state index contributed by atoms with van der Waals surface area (Å²) >= 11 is 5.70. The van der Waals surface area contributed by atoms with Gasteiger partial charge in [0.05, 0.1) is 6.61 Å². The molecule has 13 heavy (non-hydrogen) atoms. The standard InChI is InChI=1S/C9H8ClNO2/c10-7-3-1-6(2-4-7)9(5-13-9)8(11)12/h1-4H,5H2,(H2,11,12). The number of primary amides is 1. The average Bonchev–Trinajstić information content (AvgIpc) is 2.86. The Morgan fingerprint density at radius 2 is 2.00 bits per heavy atom. The summed E-state index contributed by atoms with van der Waals surface area (Å²) in [4.78, 5) is 11.0. The molecule has 1 saturated heterocycles. The number of amides is 1. The summed E-state index contributed by atoms with van der Waals surface area (Å²) in [5.41, 5.74) is 5.09. The maximum Gasteiger partial charge on any atom is 0.256 e. The number of carbonyl (C=O) groups excluding carboxylic acids is 1. The monoisotopic (exact) mass is 197 g/mol. The lowest BCUT2D eigenvalue weighted by atomic mass is 10.00. The number of ether oxygens (including phenoxy) is 1. The third-order valence-electron chi connectivity index (χ3n) is 2.14. The van der Waals surface area contributed by atoms with Gasteiger partial charge in [-0.05, 0) is 17.7 Å². The molecule has 0 spiro atoms. The van der Waals surface area contributed by atoms with E-state index in [4.69, 9.17) is 22.1 Å². The molecule has 3 nitrogen and oxygen atoms in total. The summed E-state index contributed by atoms with van der Waals surface area (Å²) in [6.07, 6.45) is 0. The number of hydrogen-bond acceptors (Lipinski definition) is 2. The molecular weight excluding hydrogens is 190 g/mol. The van der Waals surface area contributed by atoms with Gasteiger partial charge in [-0.25, -0.2) is 0 Å². The maximum absolute atomic E-state index is 11.0. The minimum absolute atomic E-state index is 0.365. The lowest BCUT2D eigenvalue weighted by molar-refractivity contribution is -0.123. The van der Waals surface area contributed by atoms with Crippen molar-refractivity contribution in [1.29, 1.82) is 0 Å². The highest BCUT2D eigenvalue weighted by molar-refractivity contribution is 6.30. The zero-order valence-corrected chi connectivity index (χ0v) is 7.54. The van der Waals surface area contributed by atoms with Crippen LogP contribution in [0.3, 0.4) is 0 Å². The van der Waals surface area contributed by atoms with Gasteiger partial charge in [0.15, 0.2) is 5.60 Å². The van der Waals surface area contributed by atoms with Gasteiger partial charge in [0.2, 0.25) is 0 Å². The molecule has 1 heterocycles. The van der Waals surface area contributed by atoms with Crippen molar-refractivity contribution in [2.75, 3.05) is 6.61 Å². The Labute approximate surface area is 80.4 Å². The van der Waals surface area contributed by atoms with E-state index in [1.54, 1.807) is 24.3 Å². The van der Waals surface area contributed by atoms with Crippen LogP contribution >= 0.6 is 11.6 Å². The van der Waals surface area contributed by atoms with Gasteiger partial charge in [0, 0.05) is 5.02 Å². The van der Waals surface area contributed by atoms with E-state index in [1.807, 2.05) is 0 Å². The normalized spacial score (nSPS) is 25.6. The molecule has 1 aliphatic rings. The molecule has 4 heteroatoms. The Morgan fingerprint density at radius 1 is 1.46 bits per heavy atom. The SMILES string of the molecule is NC(=O)C1(c2ccc(Cl)cc2)CO1. The van der Waals surface area contributed by atoms with Gasteiger partial charge in [0.25, 0.3) is 5.91 Å². The van der Waals surface area contributed by atoms with Gasteiger partial charge >= 0.3 is 0 Å². The molecule has 1 amide bonds. The Hall–Kier alpha value is -1.06. The molecule has 1 unspecified atom stereocenters. The minimum Gasteiger partial charge on any atom is -0.367 e. The quantitative estimate of drug-likeness (QED) is 0.721. The topological polar surface area (TPSA) is 55.6 Å². The molecule has 0 saturated carbocycles. The Kier molecular flexibility index (Phi) is 1.78. The number of epoxide rings is 1. The second-order valence-corrected chi connectivity index (χ2v) is 3.42. The van der Waals surface area contributed by atoms with Crippen LogP contribution in [0.4, 0.5) is 0 Å². The molecule has 0 aliphatic carbocycles. The molecule has 0 radical (unpaired) electrons. The van der Waals surface area contributed by atoms with Crippen molar-refractivity contribution in [2.24, 2.45) is 5.73 Å². The van der Waals surface area contributed by atoms with E-state index in [0.29, 0.717) is 11.6 Å². The Morgan fingerprint density at radius 3 is 2.38 bits per heavy atom. The highest BCUT2D eigenvalue weighted by Crippen LogP contribution is 2.38. The van der Waals surface area contributed by atoms with Crippen molar-refractivity contribution in [2.45, 2.75) is 5.60 Å². The Bertz CT molecular complexity index is 343. The average molecular weight is 198 g/mol. The van der Waals surface area contributed by atoms with E-state index in [9.17, 15) is 4.79 Å². The predicted octanol–water partition coefficient (Wildman–Crippen LogP) is 1.05. The van der Waals surface area contributed by atoms with E-state index < -0.39 is 11.5 Å². The Balaban J connectivity index is 2.36. The lowest BCUT2D eigenvalue weighted by Crippen LogP contribution is -2.29. The molecule has 0 bridgehead atoms. The first kappa shape index (κ1) is 8.53. The summed E-state index contributed by atoms with van der Waals surface area (Å²) in [6.45, 7) is 0.365. The van der Waals surface area contributed by atoms with Crippen molar-refractivity contribution in [3.8, 4) is 0 Å². The van der Waals surface area contributed by atoms with Gasteiger partial charge in [-0.2, -0.15) is 0 Å². The molecule has 2 N–H and O–H groups in total. The van der Waals surface area contributed by atoms with Crippen molar-refractivity contribution in [1.82, 2.24) is 0 Å². The van der Waals surface area contributed by atoms with Gasteiger partial charge in [0.1, 0.15) is 0 Å². The number of nitrogens with two attached hydrogens (primary N) is 1. The van der Waals surface area contributed by atoms with E-state index in [1.165, 1.54) is 0 Å². The van der Waals surface area contributed by atoms with Gasteiger partial charge < -0.3 is 10.5 Å². The maximum atomic E-state index is 11.0. The summed E-state index contributed by atoms with van der Waals surface area (Å²) in [5.74, 6) is -0.449. The van der Waals surface area contributed by atoms with E-state index >= 15 is 0 Å². The third kappa shape index (κ3) is 1.30. The second kappa shape index (κ2) is 2.72. The van der Waals surface area contributed by atoms with Crippen LogP contribution in [0.2, 0.25) is 5.02 Å². The number of rotatable bonds is 2. The van der Waals surface area contributed by atoms with Crippen LogP contribution in [0, 0.1) is 0 Å². The van der Waals surface area contributed by atoms with Gasteiger partial charge in [-0.15, -0.1) is 0 Å². The largest absolute Gasteiger partial charge is 0.367 e. The number of benzene rings is 1. The molecule has 2 rings (SSSR count). The van der Waals surface area contributed by atoms with Crippen LogP contribution in [-0.4, -0.2) is 12.5 Å². The molecule has 1 aliphatic heterocycles. The fourth-order valence-corrected chi connectivity index (χ4v) is 1.37. The van der Waals surface area contributed by atoms with Crippen LogP contribution in [0.5, 0.6) is 0 Å². The summed E-state index contributed by atoms with van der Waals surface area (Å²) in [5, 5.41) is 0.629. The molecule has 68 valence electrons. The molecule has 1 fully saturated rings. The lowest BCUT2D eigenvalue weighted by Gasteiger charge is -2.06. The molecule has 1 atom stereocenters. The fourth-order valence-electron chi connectivity index (χ4n) is 1.24. The number of halogens is 1. The van der Waals surface area contributed by atoms with E-state index in [2.05, 4.69) is 0 Å². The van der Waals surface area contributed by atoms with Crippen molar-refractivity contribution in [3.63, 3.8) is 0 Å². The van der Waals surface area contributed by atoms with Gasteiger partial charge in [-0.1, -0.05) is 23.7 Å². The van der Waals surface area contributed by atoms with E-state index in [-0.39, 0.29) is 0 Å². The predicted molar refractivity (Wildman–Crippen MR) is 48.3 cm³/mol. The van der Waals surface area contributed by atoms with Crippen LogP contribution < -0.4 is 5.73 Å². The van der Waals surface area contributed by atoms with Gasteiger partial charge in [-0.3, -0.25) is 4.79 Å². The zero-order chi connectivity index (χ0) is 9.47. The van der Waals surface area contributed by atoms with Crippen LogP contribution in [0.1, 0.15) is 5.56 Å². The smallest absolute Gasteiger partial charge is 0.256 e. The summed E-state index contributed by atoms with van der Waals surface area (Å²) in [7, 11) is 0. The zero-order valence-electron chi connectivity index (χ0n) is 6.79. The second-order valence-electron chi connectivity index (χ2n) is 2.99. The molecule has 1 aromatic rings. The number of carbonyl (C=O) groups is 1. The summed E-state index contributed by atoms with van der Waals surface area (Å²) in [6, 6.07) is 6.92. The highest BCUT2D eigenvalue weighted by Gasteiger charge is 2.52. The first-order valence-electron chi connectivity index (χ1n) is 3.85. The fraction of sp³-hybridized carbons (Fsp3) is 0.222. The van der Waals surface area contributed by atoms with Crippen molar-refractivity contribution < 1.29 is 9.53 Å². The first-order chi connectivity index (χ1) is 6.15. The van der Waals surface area contributed by atoms with Crippen LogP contribution in [0.15, 0.2) is 24.3 Å². The van der Waals surface area contributed by atoms with Crippen molar-refractivity contribution in [3.05, 3.63) is 34.9 Å².